The fourth-order valence-corrected chi connectivity index (χ4v) is 1.90. The first-order valence-corrected chi connectivity index (χ1v) is 5.20. The van der Waals surface area contributed by atoms with E-state index < -0.39 is 10.7 Å². The first-order valence-electron chi connectivity index (χ1n) is 5.20. The van der Waals surface area contributed by atoms with Crippen molar-refractivity contribution in [2.75, 3.05) is 6.54 Å². The predicted octanol–water partition coefficient (Wildman–Crippen LogP) is 2.02. The Balaban J connectivity index is 2.35. The van der Waals surface area contributed by atoms with Crippen molar-refractivity contribution in [1.82, 2.24) is 0 Å². The van der Waals surface area contributed by atoms with Crippen LogP contribution in [0, 0.1) is 21.3 Å². The Morgan fingerprint density at radius 3 is 2.69 bits per heavy atom. The number of rotatable bonds is 4. The molecule has 0 heterocycles. The number of nitrogens with two attached hydrogens (primary N) is 1. The van der Waals surface area contributed by atoms with E-state index in [0.29, 0.717) is 13.0 Å². The number of nitro groups is 1. The Labute approximate surface area is 92.4 Å². The van der Waals surface area contributed by atoms with Crippen molar-refractivity contribution in [3.63, 3.8) is 0 Å². The molecular weight excluding hydrogens is 211 g/mol. The lowest BCUT2D eigenvalue weighted by Crippen LogP contribution is -2.19. The third-order valence-corrected chi connectivity index (χ3v) is 3.23. The average Bonchev–Trinajstić information content (AvgIpc) is 3.01. The topological polar surface area (TPSA) is 69.2 Å². The summed E-state index contributed by atoms with van der Waals surface area (Å²) in [5.41, 5.74) is 5.55. The first kappa shape index (κ1) is 11.0. The van der Waals surface area contributed by atoms with Crippen LogP contribution in [0.25, 0.3) is 0 Å². The van der Waals surface area contributed by atoms with Gasteiger partial charge in [0.1, 0.15) is 5.82 Å². The van der Waals surface area contributed by atoms with Gasteiger partial charge < -0.3 is 5.73 Å². The molecule has 0 bridgehead atoms. The second-order valence-corrected chi connectivity index (χ2v) is 4.38. The number of hydrogen-bond donors (Lipinski definition) is 1. The molecule has 1 fully saturated rings. The van der Waals surface area contributed by atoms with Crippen molar-refractivity contribution in [3.05, 3.63) is 39.7 Å². The van der Waals surface area contributed by atoms with Gasteiger partial charge in [0, 0.05) is 6.07 Å². The standard InChI is InChI=1S/C11H13FN2O2/c12-9-2-1-3-10(14(15)16)8(9)6-11(7-13)4-5-11/h1-3H,4-7,13H2. The SMILES string of the molecule is NCC1(Cc2c(F)cccc2[N+](=O)[O-])CC1. The Hall–Kier alpha value is -1.49. The van der Waals surface area contributed by atoms with Gasteiger partial charge >= 0.3 is 0 Å². The van der Waals surface area contributed by atoms with Gasteiger partial charge in [-0.25, -0.2) is 4.39 Å². The lowest BCUT2D eigenvalue weighted by Gasteiger charge is -2.12. The molecular formula is C11H13FN2O2. The maximum atomic E-state index is 13.6. The van der Waals surface area contributed by atoms with Crippen molar-refractivity contribution >= 4 is 5.69 Å². The molecule has 0 unspecified atom stereocenters. The second kappa shape index (κ2) is 3.83. The monoisotopic (exact) mass is 224 g/mol. The van der Waals surface area contributed by atoms with Crippen LogP contribution < -0.4 is 5.73 Å². The van der Waals surface area contributed by atoms with Crippen LogP contribution in [0.4, 0.5) is 10.1 Å². The number of benzene rings is 1. The fourth-order valence-electron chi connectivity index (χ4n) is 1.90. The van der Waals surface area contributed by atoms with Gasteiger partial charge in [0.15, 0.2) is 0 Å². The minimum absolute atomic E-state index is 0.104. The highest BCUT2D eigenvalue weighted by molar-refractivity contribution is 5.42. The molecule has 5 heteroatoms. The molecule has 16 heavy (non-hydrogen) atoms. The average molecular weight is 224 g/mol. The van der Waals surface area contributed by atoms with E-state index in [1.165, 1.54) is 18.2 Å². The summed E-state index contributed by atoms with van der Waals surface area (Å²) in [5, 5.41) is 10.8. The Kier molecular flexibility index (Phi) is 2.63. The lowest BCUT2D eigenvalue weighted by atomic mass is 9.95. The van der Waals surface area contributed by atoms with Crippen LogP contribution in [0.15, 0.2) is 18.2 Å². The van der Waals surface area contributed by atoms with Crippen LogP contribution in [0.5, 0.6) is 0 Å². The molecule has 0 aliphatic heterocycles. The molecule has 0 spiro atoms. The van der Waals surface area contributed by atoms with Crippen LogP contribution in [0.2, 0.25) is 0 Å². The van der Waals surface area contributed by atoms with E-state index in [4.69, 9.17) is 5.73 Å². The highest BCUT2D eigenvalue weighted by atomic mass is 19.1. The van der Waals surface area contributed by atoms with Crippen molar-refractivity contribution in [2.45, 2.75) is 19.3 Å². The van der Waals surface area contributed by atoms with Gasteiger partial charge in [0.25, 0.3) is 5.69 Å². The van der Waals surface area contributed by atoms with Crippen LogP contribution in [-0.4, -0.2) is 11.5 Å². The van der Waals surface area contributed by atoms with Gasteiger partial charge in [0.05, 0.1) is 10.5 Å². The maximum Gasteiger partial charge on any atom is 0.275 e. The first-order chi connectivity index (χ1) is 7.58. The van der Waals surface area contributed by atoms with Crippen molar-refractivity contribution in [1.29, 1.82) is 0 Å². The molecule has 1 aromatic carbocycles. The van der Waals surface area contributed by atoms with Crippen LogP contribution in [-0.2, 0) is 6.42 Å². The highest BCUT2D eigenvalue weighted by Crippen LogP contribution is 2.48. The largest absolute Gasteiger partial charge is 0.330 e. The van der Waals surface area contributed by atoms with Gasteiger partial charge in [-0.15, -0.1) is 0 Å². The molecule has 1 aliphatic rings. The highest BCUT2D eigenvalue weighted by Gasteiger charge is 2.43. The van der Waals surface area contributed by atoms with E-state index in [1.54, 1.807) is 0 Å². The molecule has 0 amide bonds. The Morgan fingerprint density at radius 2 is 2.19 bits per heavy atom. The van der Waals surface area contributed by atoms with Crippen LogP contribution >= 0.6 is 0 Å². The van der Waals surface area contributed by atoms with Crippen molar-refractivity contribution < 1.29 is 9.31 Å². The van der Waals surface area contributed by atoms with Gasteiger partial charge in [-0.1, -0.05) is 6.07 Å². The number of nitro benzene ring substituents is 1. The second-order valence-electron chi connectivity index (χ2n) is 4.38. The molecule has 4 nitrogen and oxygen atoms in total. The van der Waals surface area contributed by atoms with E-state index >= 15 is 0 Å². The van der Waals surface area contributed by atoms with Gasteiger partial charge in [-0.2, -0.15) is 0 Å². The zero-order valence-electron chi connectivity index (χ0n) is 8.78. The summed E-state index contributed by atoms with van der Waals surface area (Å²) >= 11 is 0. The van der Waals surface area contributed by atoms with Crippen molar-refractivity contribution in [3.8, 4) is 0 Å². The van der Waals surface area contributed by atoms with E-state index in [2.05, 4.69) is 0 Å². The Bertz CT molecular complexity index is 430. The molecule has 0 aromatic heterocycles. The third kappa shape index (κ3) is 1.90. The zero-order chi connectivity index (χ0) is 11.8. The van der Waals surface area contributed by atoms with Crippen molar-refractivity contribution in [2.24, 2.45) is 11.1 Å². The summed E-state index contributed by atoms with van der Waals surface area (Å²) in [6, 6.07) is 3.96. The number of halogens is 1. The smallest absolute Gasteiger partial charge is 0.275 e. The van der Waals surface area contributed by atoms with Gasteiger partial charge in [-0.05, 0) is 37.3 Å². The molecule has 0 saturated heterocycles. The van der Waals surface area contributed by atoms with Gasteiger partial charge in [0.2, 0.25) is 0 Å². The summed E-state index contributed by atoms with van der Waals surface area (Å²) in [4.78, 5) is 10.2. The predicted molar refractivity (Wildman–Crippen MR) is 57.5 cm³/mol. The molecule has 0 radical (unpaired) electrons. The molecule has 1 aromatic rings. The normalized spacial score (nSPS) is 17.1. The molecule has 1 aliphatic carbocycles. The van der Waals surface area contributed by atoms with E-state index in [1.807, 2.05) is 0 Å². The summed E-state index contributed by atoms with van der Waals surface area (Å²) in [6.45, 7) is 0.457. The quantitative estimate of drug-likeness (QED) is 0.628. The summed E-state index contributed by atoms with van der Waals surface area (Å²) < 4.78 is 13.6. The number of hydrogen-bond acceptors (Lipinski definition) is 3. The molecule has 0 atom stereocenters. The summed E-state index contributed by atoms with van der Waals surface area (Å²) in [7, 11) is 0. The Morgan fingerprint density at radius 1 is 1.50 bits per heavy atom. The van der Waals surface area contributed by atoms with Crippen LogP contribution in [0.3, 0.4) is 0 Å². The van der Waals surface area contributed by atoms with E-state index in [0.717, 1.165) is 12.8 Å². The fraction of sp³-hybridized carbons (Fsp3) is 0.455. The van der Waals surface area contributed by atoms with E-state index in [-0.39, 0.29) is 16.7 Å². The van der Waals surface area contributed by atoms with Crippen LogP contribution in [0.1, 0.15) is 18.4 Å². The minimum Gasteiger partial charge on any atom is -0.330 e. The molecule has 86 valence electrons. The van der Waals surface area contributed by atoms with E-state index in [9.17, 15) is 14.5 Å². The molecule has 2 rings (SSSR count). The summed E-state index contributed by atoms with van der Waals surface area (Å²) in [6.07, 6.45) is 2.22. The maximum absolute atomic E-state index is 13.6. The minimum atomic E-state index is -0.537. The lowest BCUT2D eigenvalue weighted by molar-refractivity contribution is -0.385. The third-order valence-electron chi connectivity index (χ3n) is 3.23. The zero-order valence-corrected chi connectivity index (χ0v) is 8.78. The molecule has 1 saturated carbocycles. The number of nitrogens with zero attached hydrogens (tertiary/aromatic N) is 1. The molecule has 2 N–H and O–H groups in total. The van der Waals surface area contributed by atoms with Gasteiger partial charge in [-0.3, -0.25) is 10.1 Å². The summed E-state index contributed by atoms with van der Waals surface area (Å²) in [5.74, 6) is -0.506.